The summed E-state index contributed by atoms with van der Waals surface area (Å²) in [6.45, 7) is 4.06. The molecule has 0 bridgehead atoms. The normalized spacial score (nSPS) is 15.8. The monoisotopic (exact) mass is 267 g/mol. The molecule has 0 radical (unpaired) electrons. The lowest BCUT2D eigenvalue weighted by Gasteiger charge is -2.23. The number of aryl methyl sites for hydroxylation is 1. The first-order valence-electron chi connectivity index (χ1n) is 6.76. The molecule has 1 aliphatic heterocycles. The van der Waals surface area contributed by atoms with Gasteiger partial charge < -0.3 is 9.32 Å². The zero-order valence-corrected chi connectivity index (χ0v) is 12.3. The molecule has 0 saturated carbocycles. The van der Waals surface area contributed by atoms with Crippen LogP contribution in [0.25, 0.3) is 11.6 Å². The second-order valence-electron chi connectivity index (χ2n) is 5.18. The van der Waals surface area contributed by atoms with Crippen molar-refractivity contribution in [1.29, 1.82) is 0 Å². The Morgan fingerprint density at radius 2 is 1.95 bits per heavy atom. The maximum Gasteiger partial charge on any atom is 0.373 e. The highest BCUT2D eigenvalue weighted by molar-refractivity contribution is 5.93. The molecule has 20 heavy (non-hydrogen) atoms. The van der Waals surface area contributed by atoms with Crippen molar-refractivity contribution < 1.29 is 8.98 Å². The van der Waals surface area contributed by atoms with Crippen LogP contribution in [0.2, 0.25) is 0 Å². The molecule has 0 amide bonds. The molecule has 0 saturated heterocycles. The summed E-state index contributed by atoms with van der Waals surface area (Å²) in [5.41, 5.74) is 4.76. The van der Waals surface area contributed by atoms with E-state index in [1.807, 2.05) is 14.0 Å². The van der Waals surface area contributed by atoms with E-state index in [-0.39, 0.29) is 0 Å². The largest absolute Gasteiger partial charge is 0.403 e. The van der Waals surface area contributed by atoms with Crippen LogP contribution < -0.4 is 9.47 Å². The van der Waals surface area contributed by atoms with Gasteiger partial charge in [-0.2, -0.15) is 4.57 Å². The van der Waals surface area contributed by atoms with Gasteiger partial charge in [0.15, 0.2) is 5.76 Å². The van der Waals surface area contributed by atoms with E-state index in [4.69, 9.17) is 4.42 Å². The fourth-order valence-electron chi connectivity index (χ4n) is 2.47. The Labute approximate surface area is 119 Å². The number of oxazole rings is 1. The molecular weight excluding hydrogens is 248 g/mol. The smallest absolute Gasteiger partial charge is 0.373 e. The minimum atomic E-state index is 0.874. The first-order chi connectivity index (χ1) is 9.58. The molecule has 0 unspecified atom stereocenters. The van der Waals surface area contributed by atoms with Crippen molar-refractivity contribution >= 4 is 17.3 Å². The van der Waals surface area contributed by atoms with Gasteiger partial charge in [0.05, 0.1) is 6.08 Å². The fraction of sp³-hybridized carbons (Fsp3) is 0.235. The summed E-state index contributed by atoms with van der Waals surface area (Å²) in [5, 5.41) is 0. The Kier molecular flexibility index (Phi) is 2.97. The first-order valence-corrected chi connectivity index (χ1v) is 6.76. The number of aromatic nitrogens is 1. The maximum absolute atomic E-state index is 5.83. The predicted molar refractivity (Wildman–Crippen MR) is 81.2 cm³/mol. The van der Waals surface area contributed by atoms with Crippen molar-refractivity contribution in [3.8, 4) is 0 Å². The third kappa shape index (κ3) is 1.95. The van der Waals surface area contributed by atoms with Gasteiger partial charge in [-0.1, -0.05) is 18.2 Å². The van der Waals surface area contributed by atoms with Gasteiger partial charge in [0.2, 0.25) is 5.69 Å². The van der Waals surface area contributed by atoms with Gasteiger partial charge >= 0.3 is 5.89 Å². The number of hydrogen-bond acceptors (Lipinski definition) is 2. The maximum atomic E-state index is 5.83. The summed E-state index contributed by atoms with van der Waals surface area (Å²) in [6.07, 6.45) is 6.30. The Hall–Kier alpha value is -2.29. The number of allylic oxidation sites excluding steroid dienone is 2. The molecule has 2 heterocycles. The van der Waals surface area contributed by atoms with Crippen LogP contribution in [0.3, 0.4) is 0 Å². The summed E-state index contributed by atoms with van der Waals surface area (Å²) in [4.78, 5) is 2.13. The number of benzene rings is 1. The lowest BCUT2D eigenvalue weighted by Crippen LogP contribution is -2.32. The summed E-state index contributed by atoms with van der Waals surface area (Å²) in [6, 6.07) is 8.40. The minimum Gasteiger partial charge on any atom is -0.403 e. The van der Waals surface area contributed by atoms with Crippen LogP contribution in [0.5, 0.6) is 0 Å². The van der Waals surface area contributed by atoms with E-state index in [2.05, 4.69) is 66.1 Å². The van der Waals surface area contributed by atoms with Gasteiger partial charge in [0, 0.05) is 38.3 Å². The van der Waals surface area contributed by atoms with E-state index in [9.17, 15) is 0 Å². The van der Waals surface area contributed by atoms with E-state index in [1.165, 1.54) is 16.8 Å². The second kappa shape index (κ2) is 4.67. The summed E-state index contributed by atoms with van der Waals surface area (Å²) >= 11 is 0. The van der Waals surface area contributed by atoms with E-state index >= 15 is 0 Å². The average Bonchev–Trinajstić information content (AvgIpc) is 2.70. The van der Waals surface area contributed by atoms with Gasteiger partial charge in [0.25, 0.3) is 0 Å². The minimum absolute atomic E-state index is 0.874. The molecule has 1 aliphatic rings. The Balaban J connectivity index is 2.13. The van der Waals surface area contributed by atoms with Crippen molar-refractivity contribution in [2.75, 3.05) is 11.9 Å². The Morgan fingerprint density at radius 3 is 2.65 bits per heavy atom. The van der Waals surface area contributed by atoms with E-state index in [0.717, 1.165) is 17.3 Å². The zero-order chi connectivity index (χ0) is 14.3. The number of fused-ring (bicyclic) bond motifs is 1. The summed E-state index contributed by atoms with van der Waals surface area (Å²) < 4.78 is 7.91. The molecule has 0 spiro atoms. The van der Waals surface area contributed by atoms with Crippen LogP contribution in [0.15, 0.2) is 41.0 Å². The van der Waals surface area contributed by atoms with Crippen LogP contribution in [0.1, 0.15) is 22.9 Å². The Bertz CT molecular complexity index is 723. The molecule has 0 fully saturated rings. The average molecular weight is 267 g/mol. The van der Waals surface area contributed by atoms with Crippen LogP contribution in [0.4, 0.5) is 5.69 Å². The number of para-hydroxylation sites is 1. The number of nitrogens with zero attached hydrogens (tertiary/aromatic N) is 2. The molecule has 3 nitrogen and oxygen atoms in total. The summed E-state index contributed by atoms with van der Waals surface area (Å²) in [7, 11) is 4.09. The topological polar surface area (TPSA) is 20.3 Å². The molecule has 3 rings (SSSR count). The first kappa shape index (κ1) is 12.7. The van der Waals surface area contributed by atoms with Crippen LogP contribution >= 0.6 is 0 Å². The molecule has 2 aromatic rings. The van der Waals surface area contributed by atoms with Crippen LogP contribution in [-0.4, -0.2) is 7.05 Å². The molecule has 1 aromatic carbocycles. The van der Waals surface area contributed by atoms with Gasteiger partial charge in [-0.15, -0.1) is 0 Å². The number of hydrogen-bond donors (Lipinski definition) is 0. The van der Waals surface area contributed by atoms with Gasteiger partial charge in [-0.25, -0.2) is 0 Å². The fourth-order valence-corrected chi connectivity index (χ4v) is 2.47. The van der Waals surface area contributed by atoms with Crippen molar-refractivity contribution in [2.45, 2.75) is 13.8 Å². The number of anilines is 1. The zero-order valence-electron chi connectivity index (χ0n) is 12.3. The molecule has 0 N–H and O–H groups in total. The Morgan fingerprint density at radius 1 is 1.20 bits per heavy atom. The van der Waals surface area contributed by atoms with Crippen LogP contribution in [0, 0.1) is 13.8 Å². The van der Waals surface area contributed by atoms with Crippen molar-refractivity contribution in [1.82, 2.24) is 0 Å². The van der Waals surface area contributed by atoms with Gasteiger partial charge in [0.1, 0.15) is 7.05 Å². The highest BCUT2D eigenvalue weighted by Crippen LogP contribution is 2.32. The molecule has 0 atom stereocenters. The third-order valence-corrected chi connectivity index (χ3v) is 3.95. The van der Waals surface area contributed by atoms with Crippen molar-refractivity contribution in [2.24, 2.45) is 7.05 Å². The third-order valence-electron chi connectivity index (χ3n) is 3.95. The lowest BCUT2D eigenvalue weighted by molar-refractivity contribution is -0.682. The standard InChI is InChI=1S/C17H19N2O/c1-12-13(2)20-17(19(12)4)11-14-9-10-18(3)16-8-6-5-7-15(14)16/h5-11H,1-4H3/q+1. The van der Waals surface area contributed by atoms with E-state index in [0.29, 0.717) is 0 Å². The highest BCUT2D eigenvalue weighted by Gasteiger charge is 2.20. The van der Waals surface area contributed by atoms with Gasteiger partial charge in [-0.05, 0) is 17.7 Å². The van der Waals surface area contributed by atoms with Gasteiger partial charge in [-0.3, -0.25) is 0 Å². The molecule has 3 heteroatoms. The lowest BCUT2D eigenvalue weighted by atomic mass is 10.00. The predicted octanol–water partition coefficient (Wildman–Crippen LogP) is 3.23. The van der Waals surface area contributed by atoms with E-state index < -0.39 is 0 Å². The quantitative estimate of drug-likeness (QED) is 0.739. The summed E-state index contributed by atoms with van der Waals surface area (Å²) in [5.74, 6) is 1.84. The van der Waals surface area contributed by atoms with Crippen LogP contribution in [-0.2, 0) is 7.05 Å². The molecule has 102 valence electrons. The molecular formula is C17H19N2O+. The molecule has 1 aromatic heterocycles. The van der Waals surface area contributed by atoms with Crippen molar-refractivity contribution in [3.05, 3.63) is 59.4 Å². The second-order valence-corrected chi connectivity index (χ2v) is 5.18. The van der Waals surface area contributed by atoms with E-state index in [1.54, 1.807) is 0 Å². The highest BCUT2D eigenvalue weighted by atomic mass is 16.4. The number of rotatable bonds is 1. The SMILES string of the molecule is Cc1oc(/C=C2\C=CN(C)c3ccccc32)[n+](C)c1C. The molecule has 0 aliphatic carbocycles. The van der Waals surface area contributed by atoms with Crippen molar-refractivity contribution in [3.63, 3.8) is 0 Å².